The van der Waals surface area contributed by atoms with Crippen LogP contribution in [-0.4, -0.2) is 44.2 Å². The summed E-state index contributed by atoms with van der Waals surface area (Å²) >= 11 is 0. The van der Waals surface area contributed by atoms with Gasteiger partial charge in [-0.2, -0.15) is 10.2 Å². The Labute approximate surface area is 179 Å². The standard InChI is InChI=1S/C22H24N6O3/c1-5-31-13-28-12-16(11-23-28)24-22(29)18-10-19(15-6-8-17(30-4)9-7-15)25-21-20(18)14(2)26-27(21)3/h6-12H,5,13H2,1-4H3,(H,24,29). The average molecular weight is 420 g/mol. The van der Waals surface area contributed by atoms with Crippen LogP contribution in [0.2, 0.25) is 0 Å². The lowest BCUT2D eigenvalue weighted by Gasteiger charge is -2.09. The topological polar surface area (TPSA) is 96.1 Å². The number of pyridine rings is 1. The molecule has 1 N–H and O–H groups in total. The fourth-order valence-electron chi connectivity index (χ4n) is 3.42. The van der Waals surface area contributed by atoms with Crippen molar-refractivity contribution in [1.29, 1.82) is 0 Å². The minimum atomic E-state index is -0.255. The van der Waals surface area contributed by atoms with Gasteiger partial charge in [-0.15, -0.1) is 0 Å². The van der Waals surface area contributed by atoms with E-state index in [1.165, 1.54) is 0 Å². The average Bonchev–Trinajstić information content (AvgIpc) is 3.35. The highest BCUT2D eigenvalue weighted by molar-refractivity contribution is 6.13. The van der Waals surface area contributed by atoms with Gasteiger partial charge in [-0.05, 0) is 44.2 Å². The third-order valence-electron chi connectivity index (χ3n) is 4.92. The van der Waals surface area contributed by atoms with E-state index in [1.54, 1.807) is 34.9 Å². The summed E-state index contributed by atoms with van der Waals surface area (Å²) in [5.41, 5.74) is 4.02. The van der Waals surface area contributed by atoms with Crippen LogP contribution in [0.3, 0.4) is 0 Å². The van der Waals surface area contributed by atoms with E-state index < -0.39 is 0 Å². The summed E-state index contributed by atoms with van der Waals surface area (Å²) in [6.45, 7) is 4.70. The molecule has 160 valence electrons. The Balaban J connectivity index is 1.72. The summed E-state index contributed by atoms with van der Waals surface area (Å²) < 4.78 is 13.9. The van der Waals surface area contributed by atoms with Crippen molar-refractivity contribution in [3.05, 3.63) is 54.0 Å². The van der Waals surface area contributed by atoms with Crippen LogP contribution in [0, 0.1) is 6.92 Å². The number of hydrogen-bond acceptors (Lipinski definition) is 6. The van der Waals surface area contributed by atoms with Crippen LogP contribution in [0.5, 0.6) is 5.75 Å². The summed E-state index contributed by atoms with van der Waals surface area (Å²) in [6.07, 6.45) is 3.32. The number of ether oxygens (including phenoxy) is 2. The number of rotatable bonds is 7. The third kappa shape index (κ3) is 4.13. The van der Waals surface area contributed by atoms with E-state index in [2.05, 4.69) is 15.5 Å². The summed E-state index contributed by atoms with van der Waals surface area (Å²) in [7, 11) is 3.44. The normalized spacial score (nSPS) is 11.1. The maximum Gasteiger partial charge on any atom is 0.256 e. The molecule has 1 aromatic carbocycles. The Bertz CT molecular complexity index is 1230. The highest BCUT2D eigenvalue weighted by atomic mass is 16.5. The van der Waals surface area contributed by atoms with Crippen molar-refractivity contribution in [1.82, 2.24) is 24.5 Å². The van der Waals surface area contributed by atoms with Crippen molar-refractivity contribution in [3.8, 4) is 17.0 Å². The molecule has 4 rings (SSSR count). The van der Waals surface area contributed by atoms with Crippen LogP contribution in [0.15, 0.2) is 42.7 Å². The zero-order valence-corrected chi connectivity index (χ0v) is 17.9. The summed E-state index contributed by atoms with van der Waals surface area (Å²) in [6, 6.07) is 9.34. The Morgan fingerprint density at radius 1 is 1.23 bits per heavy atom. The number of carbonyl (C=O) groups is 1. The minimum absolute atomic E-state index is 0.255. The molecule has 0 radical (unpaired) electrons. The molecular formula is C22H24N6O3. The van der Waals surface area contributed by atoms with Crippen LogP contribution < -0.4 is 10.1 Å². The molecular weight excluding hydrogens is 396 g/mol. The fourth-order valence-corrected chi connectivity index (χ4v) is 3.42. The third-order valence-corrected chi connectivity index (χ3v) is 4.92. The van der Waals surface area contributed by atoms with Gasteiger partial charge in [0.1, 0.15) is 12.5 Å². The maximum atomic E-state index is 13.2. The van der Waals surface area contributed by atoms with E-state index >= 15 is 0 Å². The predicted octanol–water partition coefficient (Wildman–Crippen LogP) is 3.40. The lowest BCUT2D eigenvalue weighted by atomic mass is 10.0. The lowest BCUT2D eigenvalue weighted by Crippen LogP contribution is -2.13. The molecule has 0 spiro atoms. The number of aryl methyl sites for hydroxylation is 2. The predicted molar refractivity (Wildman–Crippen MR) is 117 cm³/mol. The van der Waals surface area contributed by atoms with Gasteiger partial charge in [-0.1, -0.05) is 0 Å². The number of nitrogens with zero attached hydrogens (tertiary/aromatic N) is 5. The lowest BCUT2D eigenvalue weighted by molar-refractivity contribution is 0.0792. The van der Waals surface area contributed by atoms with Gasteiger partial charge in [0.2, 0.25) is 0 Å². The van der Waals surface area contributed by atoms with Gasteiger partial charge < -0.3 is 14.8 Å². The first kappa shape index (κ1) is 20.5. The second kappa shape index (κ2) is 8.57. The first-order valence-corrected chi connectivity index (χ1v) is 9.90. The van der Waals surface area contributed by atoms with Crippen LogP contribution in [0.1, 0.15) is 23.0 Å². The number of fused-ring (bicyclic) bond motifs is 1. The SMILES string of the molecule is CCOCn1cc(NC(=O)c2cc(-c3ccc(OC)cc3)nc3c2c(C)nn3C)cn1. The molecule has 0 atom stereocenters. The molecule has 4 aromatic rings. The Morgan fingerprint density at radius 2 is 2.00 bits per heavy atom. The number of methoxy groups -OCH3 is 1. The smallest absolute Gasteiger partial charge is 0.256 e. The summed E-state index contributed by atoms with van der Waals surface area (Å²) in [5, 5.41) is 12.3. The second-order valence-corrected chi connectivity index (χ2v) is 7.04. The van der Waals surface area contributed by atoms with Crippen molar-refractivity contribution < 1.29 is 14.3 Å². The van der Waals surface area contributed by atoms with Crippen LogP contribution in [0.4, 0.5) is 5.69 Å². The highest BCUT2D eigenvalue weighted by Gasteiger charge is 2.20. The number of carbonyl (C=O) groups excluding carboxylic acids is 1. The van der Waals surface area contributed by atoms with Crippen molar-refractivity contribution in [2.75, 3.05) is 19.0 Å². The van der Waals surface area contributed by atoms with E-state index in [9.17, 15) is 4.79 Å². The minimum Gasteiger partial charge on any atom is -0.497 e. The molecule has 0 aliphatic rings. The fraction of sp³-hybridized carbons (Fsp3) is 0.273. The van der Waals surface area contributed by atoms with Gasteiger partial charge in [0, 0.05) is 19.2 Å². The van der Waals surface area contributed by atoms with Crippen molar-refractivity contribution in [2.45, 2.75) is 20.6 Å². The Kier molecular flexibility index (Phi) is 5.68. The van der Waals surface area contributed by atoms with E-state index in [0.29, 0.717) is 35.9 Å². The van der Waals surface area contributed by atoms with Gasteiger partial charge >= 0.3 is 0 Å². The van der Waals surface area contributed by atoms with Crippen molar-refractivity contribution in [3.63, 3.8) is 0 Å². The first-order chi connectivity index (χ1) is 15.0. The van der Waals surface area contributed by atoms with Crippen LogP contribution in [0.25, 0.3) is 22.3 Å². The first-order valence-electron chi connectivity index (χ1n) is 9.90. The number of hydrogen-bond donors (Lipinski definition) is 1. The molecule has 31 heavy (non-hydrogen) atoms. The van der Waals surface area contributed by atoms with E-state index in [1.807, 2.05) is 45.2 Å². The zero-order chi connectivity index (χ0) is 22.0. The number of amides is 1. The van der Waals surface area contributed by atoms with Crippen molar-refractivity contribution >= 4 is 22.6 Å². The molecule has 1 amide bonds. The quantitative estimate of drug-likeness (QED) is 0.492. The molecule has 0 saturated carbocycles. The molecule has 0 saturated heterocycles. The monoisotopic (exact) mass is 420 g/mol. The molecule has 9 heteroatoms. The van der Waals surface area contributed by atoms with Crippen LogP contribution in [-0.2, 0) is 18.5 Å². The molecule has 3 aromatic heterocycles. The van der Waals surface area contributed by atoms with Gasteiger partial charge in [-0.25, -0.2) is 9.67 Å². The second-order valence-electron chi connectivity index (χ2n) is 7.04. The molecule has 0 bridgehead atoms. The maximum absolute atomic E-state index is 13.2. The molecule has 0 fully saturated rings. The van der Waals surface area contributed by atoms with Crippen LogP contribution >= 0.6 is 0 Å². The van der Waals surface area contributed by atoms with Gasteiger partial charge in [-0.3, -0.25) is 9.48 Å². The number of aromatic nitrogens is 5. The van der Waals surface area contributed by atoms with Gasteiger partial charge in [0.15, 0.2) is 5.65 Å². The Hall–Kier alpha value is -3.72. The largest absolute Gasteiger partial charge is 0.497 e. The molecule has 9 nitrogen and oxygen atoms in total. The number of benzene rings is 1. The van der Waals surface area contributed by atoms with E-state index in [-0.39, 0.29) is 5.91 Å². The van der Waals surface area contributed by atoms with E-state index in [4.69, 9.17) is 14.5 Å². The van der Waals surface area contributed by atoms with Crippen molar-refractivity contribution in [2.24, 2.45) is 7.05 Å². The zero-order valence-electron chi connectivity index (χ0n) is 17.9. The molecule has 0 unspecified atom stereocenters. The number of nitrogens with one attached hydrogen (secondary N) is 1. The van der Waals surface area contributed by atoms with Gasteiger partial charge in [0.25, 0.3) is 5.91 Å². The van der Waals surface area contributed by atoms with Gasteiger partial charge in [0.05, 0.1) is 47.5 Å². The molecule has 0 aliphatic carbocycles. The molecule has 0 aliphatic heterocycles. The highest BCUT2D eigenvalue weighted by Crippen LogP contribution is 2.28. The number of anilines is 1. The summed E-state index contributed by atoms with van der Waals surface area (Å²) in [5.74, 6) is 0.498. The Morgan fingerprint density at radius 3 is 2.71 bits per heavy atom. The molecule has 3 heterocycles. The summed E-state index contributed by atoms with van der Waals surface area (Å²) in [4.78, 5) is 18.0. The van der Waals surface area contributed by atoms with E-state index in [0.717, 1.165) is 22.4 Å².